The van der Waals surface area contributed by atoms with Crippen molar-refractivity contribution in [3.8, 4) is 0 Å². The zero-order valence-electron chi connectivity index (χ0n) is 10.7. The Hall–Kier alpha value is -2.11. The van der Waals surface area contributed by atoms with E-state index in [0.29, 0.717) is 15.6 Å². The van der Waals surface area contributed by atoms with Gasteiger partial charge in [0, 0.05) is 17.4 Å². The number of benzene rings is 1. The summed E-state index contributed by atoms with van der Waals surface area (Å²) in [5.74, 6) is -0.337. The van der Waals surface area contributed by atoms with Gasteiger partial charge in [-0.2, -0.15) is 0 Å². The average Bonchev–Trinajstić information content (AvgIpc) is 2.76. The van der Waals surface area contributed by atoms with Crippen LogP contribution in [0.4, 0.5) is 10.5 Å². The molecule has 0 aliphatic carbocycles. The Morgan fingerprint density at radius 2 is 1.90 bits per heavy atom. The van der Waals surface area contributed by atoms with Crippen LogP contribution in [-0.2, 0) is 4.79 Å². The molecule has 0 unspecified atom stereocenters. The number of aromatic nitrogens is 1. The van der Waals surface area contributed by atoms with Crippen molar-refractivity contribution in [2.45, 2.75) is 0 Å². The van der Waals surface area contributed by atoms with Crippen molar-refractivity contribution in [1.29, 1.82) is 0 Å². The number of rotatable bonds is 2. The van der Waals surface area contributed by atoms with Crippen LogP contribution in [0.3, 0.4) is 0 Å². The number of anilines is 1. The lowest BCUT2D eigenvalue weighted by Crippen LogP contribution is -2.27. The third-order valence-corrected chi connectivity index (χ3v) is 3.98. The van der Waals surface area contributed by atoms with Gasteiger partial charge in [0.2, 0.25) is 0 Å². The Morgan fingerprint density at radius 3 is 2.57 bits per heavy atom. The molecule has 1 aliphatic rings. The van der Waals surface area contributed by atoms with Crippen LogP contribution in [0.2, 0.25) is 5.02 Å². The fraction of sp³-hybridized carbons (Fsp3) is 0. The van der Waals surface area contributed by atoms with Crippen molar-refractivity contribution in [3.05, 3.63) is 64.3 Å². The van der Waals surface area contributed by atoms with Gasteiger partial charge in [0.15, 0.2) is 0 Å². The lowest BCUT2D eigenvalue weighted by Gasteiger charge is -2.12. The van der Waals surface area contributed by atoms with E-state index in [4.69, 9.17) is 11.6 Å². The second-order valence-electron chi connectivity index (χ2n) is 4.28. The van der Waals surface area contributed by atoms with Gasteiger partial charge in [0.05, 0.1) is 10.6 Å². The molecule has 104 valence electrons. The Morgan fingerprint density at radius 1 is 1.14 bits per heavy atom. The van der Waals surface area contributed by atoms with E-state index in [2.05, 4.69) is 4.98 Å². The number of carbonyl (C=O) groups is 2. The molecule has 21 heavy (non-hydrogen) atoms. The molecule has 6 heteroatoms. The highest BCUT2D eigenvalue weighted by molar-refractivity contribution is 8.19. The molecule has 0 saturated carbocycles. The van der Waals surface area contributed by atoms with Gasteiger partial charge in [-0.15, -0.1) is 0 Å². The first kappa shape index (κ1) is 13.9. The number of thioether (sulfide) groups is 1. The van der Waals surface area contributed by atoms with Gasteiger partial charge in [-0.05, 0) is 53.7 Å². The maximum Gasteiger partial charge on any atom is 0.298 e. The van der Waals surface area contributed by atoms with Crippen LogP contribution >= 0.6 is 23.4 Å². The number of carbonyl (C=O) groups excluding carboxylic acids is 2. The summed E-state index contributed by atoms with van der Waals surface area (Å²) in [6.45, 7) is 0. The zero-order valence-corrected chi connectivity index (χ0v) is 12.3. The van der Waals surface area contributed by atoms with Gasteiger partial charge in [0.1, 0.15) is 0 Å². The molecule has 2 heterocycles. The van der Waals surface area contributed by atoms with Crippen LogP contribution < -0.4 is 4.90 Å². The Kier molecular flexibility index (Phi) is 3.77. The number of amides is 2. The van der Waals surface area contributed by atoms with E-state index in [1.165, 1.54) is 0 Å². The Bertz CT molecular complexity index is 729. The number of imide groups is 1. The molecule has 0 N–H and O–H groups in total. The van der Waals surface area contributed by atoms with Gasteiger partial charge in [-0.3, -0.25) is 14.6 Å². The number of pyridine rings is 1. The highest BCUT2D eigenvalue weighted by Gasteiger charge is 2.36. The molecule has 3 rings (SSSR count). The molecule has 1 aromatic carbocycles. The number of halogens is 1. The maximum absolute atomic E-state index is 12.4. The first-order valence-electron chi connectivity index (χ1n) is 6.09. The van der Waals surface area contributed by atoms with Gasteiger partial charge in [-0.25, -0.2) is 4.90 Å². The summed E-state index contributed by atoms with van der Waals surface area (Å²) in [7, 11) is 0. The fourth-order valence-corrected chi connectivity index (χ4v) is 2.86. The zero-order chi connectivity index (χ0) is 14.8. The highest BCUT2D eigenvalue weighted by atomic mass is 35.5. The van der Waals surface area contributed by atoms with E-state index in [1.807, 2.05) is 6.07 Å². The molecule has 0 spiro atoms. The third kappa shape index (κ3) is 2.84. The molecule has 4 nitrogen and oxygen atoms in total. The lowest BCUT2D eigenvalue weighted by molar-refractivity contribution is -0.113. The van der Waals surface area contributed by atoms with Crippen molar-refractivity contribution in [1.82, 2.24) is 4.98 Å². The van der Waals surface area contributed by atoms with E-state index in [1.54, 1.807) is 48.8 Å². The Labute approximate surface area is 130 Å². The first-order valence-corrected chi connectivity index (χ1v) is 7.28. The van der Waals surface area contributed by atoms with Crippen LogP contribution in [0.1, 0.15) is 5.56 Å². The highest BCUT2D eigenvalue weighted by Crippen LogP contribution is 2.35. The summed E-state index contributed by atoms with van der Waals surface area (Å²) in [4.78, 5) is 29.9. The van der Waals surface area contributed by atoms with Crippen LogP contribution in [0, 0.1) is 0 Å². The fourth-order valence-electron chi connectivity index (χ4n) is 1.89. The molecule has 0 radical (unpaired) electrons. The predicted molar refractivity (Wildman–Crippen MR) is 84.1 cm³/mol. The molecular weight excluding hydrogens is 308 g/mol. The minimum Gasteiger partial charge on any atom is -0.268 e. The normalized spacial score (nSPS) is 16.8. The van der Waals surface area contributed by atoms with E-state index in [9.17, 15) is 9.59 Å². The molecular formula is C15H9ClN2O2S. The van der Waals surface area contributed by atoms with Crippen molar-refractivity contribution in [2.75, 3.05) is 4.90 Å². The first-order chi connectivity index (χ1) is 10.1. The quantitative estimate of drug-likeness (QED) is 0.786. The molecule has 1 saturated heterocycles. The van der Waals surface area contributed by atoms with Gasteiger partial charge in [-0.1, -0.05) is 17.7 Å². The molecule has 1 aromatic heterocycles. The standard InChI is InChI=1S/C15H9ClN2O2S/c16-11-3-5-12(6-4-11)18-14(19)13(21-15(18)20)8-10-2-1-7-17-9-10/h1-9H. The summed E-state index contributed by atoms with van der Waals surface area (Å²) in [5.41, 5.74) is 1.29. The summed E-state index contributed by atoms with van der Waals surface area (Å²) in [5, 5.41) is 0.231. The van der Waals surface area contributed by atoms with E-state index < -0.39 is 0 Å². The van der Waals surface area contributed by atoms with Crippen LogP contribution in [0.25, 0.3) is 6.08 Å². The van der Waals surface area contributed by atoms with Gasteiger partial charge < -0.3 is 0 Å². The van der Waals surface area contributed by atoms with Crippen molar-refractivity contribution >= 4 is 46.3 Å². The Balaban J connectivity index is 1.92. The number of hydrogen-bond donors (Lipinski definition) is 0. The van der Waals surface area contributed by atoms with E-state index >= 15 is 0 Å². The van der Waals surface area contributed by atoms with Crippen LogP contribution in [0.15, 0.2) is 53.7 Å². The van der Waals surface area contributed by atoms with E-state index in [-0.39, 0.29) is 11.1 Å². The second-order valence-corrected chi connectivity index (χ2v) is 5.71. The minimum absolute atomic E-state index is 0.322. The molecule has 0 atom stereocenters. The second kappa shape index (κ2) is 5.71. The monoisotopic (exact) mass is 316 g/mol. The molecule has 1 fully saturated rings. The third-order valence-electron chi connectivity index (χ3n) is 2.86. The van der Waals surface area contributed by atoms with E-state index in [0.717, 1.165) is 22.2 Å². The summed E-state index contributed by atoms with van der Waals surface area (Å²) >= 11 is 6.73. The van der Waals surface area contributed by atoms with Gasteiger partial charge in [0.25, 0.3) is 11.1 Å². The molecule has 0 bridgehead atoms. The SMILES string of the molecule is O=C1SC(=Cc2cccnc2)C(=O)N1c1ccc(Cl)cc1. The molecule has 2 aromatic rings. The van der Waals surface area contributed by atoms with Gasteiger partial charge >= 0.3 is 0 Å². The number of nitrogens with zero attached hydrogens (tertiary/aromatic N) is 2. The van der Waals surface area contributed by atoms with Crippen LogP contribution in [-0.4, -0.2) is 16.1 Å². The molecule has 2 amide bonds. The topological polar surface area (TPSA) is 50.3 Å². The summed E-state index contributed by atoms with van der Waals surface area (Å²) in [6, 6.07) is 10.2. The minimum atomic E-state index is -0.337. The smallest absolute Gasteiger partial charge is 0.268 e. The molecule has 1 aliphatic heterocycles. The number of hydrogen-bond acceptors (Lipinski definition) is 4. The average molecular weight is 317 g/mol. The maximum atomic E-state index is 12.4. The van der Waals surface area contributed by atoms with Crippen molar-refractivity contribution in [2.24, 2.45) is 0 Å². The van der Waals surface area contributed by atoms with Crippen LogP contribution in [0.5, 0.6) is 0 Å². The predicted octanol–water partition coefficient (Wildman–Crippen LogP) is 3.98. The summed E-state index contributed by atoms with van der Waals surface area (Å²) in [6.07, 6.45) is 4.95. The van der Waals surface area contributed by atoms with Crippen molar-refractivity contribution in [3.63, 3.8) is 0 Å². The van der Waals surface area contributed by atoms with Crippen molar-refractivity contribution < 1.29 is 9.59 Å². The largest absolute Gasteiger partial charge is 0.298 e. The lowest BCUT2D eigenvalue weighted by atomic mass is 10.2. The summed E-state index contributed by atoms with van der Waals surface area (Å²) < 4.78 is 0.